The van der Waals surface area contributed by atoms with Gasteiger partial charge in [0.05, 0.1) is 6.04 Å². The van der Waals surface area contributed by atoms with Crippen molar-refractivity contribution in [2.24, 2.45) is 11.7 Å². The van der Waals surface area contributed by atoms with Gasteiger partial charge < -0.3 is 15.4 Å². The number of halogens is 1. The average molecular weight is 237 g/mol. The first-order chi connectivity index (χ1) is 6.61. The number of nitrogens with two attached hydrogens (primary N) is 1. The van der Waals surface area contributed by atoms with Gasteiger partial charge in [0.25, 0.3) is 0 Å². The van der Waals surface area contributed by atoms with Gasteiger partial charge in [-0.1, -0.05) is 0 Å². The Morgan fingerprint density at radius 1 is 1.53 bits per heavy atom. The largest absolute Gasteiger partial charge is 0.381 e. The summed E-state index contributed by atoms with van der Waals surface area (Å²) in [5.74, 6) is 0.605. The average Bonchev–Trinajstić information content (AvgIpc) is 2.18. The second kappa shape index (κ2) is 7.04. The minimum Gasteiger partial charge on any atom is -0.381 e. The van der Waals surface area contributed by atoms with Crippen molar-refractivity contribution in [2.45, 2.75) is 25.8 Å². The number of ether oxygens (including phenoxy) is 1. The van der Waals surface area contributed by atoms with E-state index in [1.807, 2.05) is 7.05 Å². The molecule has 0 aromatic rings. The minimum atomic E-state index is -0.389. The van der Waals surface area contributed by atoms with Gasteiger partial charge in [0.1, 0.15) is 0 Å². The molecule has 1 heterocycles. The lowest BCUT2D eigenvalue weighted by molar-refractivity contribution is -0.131. The lowest BCUT2D eigenvalue weighted by Crippen LogP contribution is -2.42. The first kappa shape index (κ1) is 14.7. The second-order valence-corrected chi connectivity index (χ2v) is 4.06. The molecule has 5 heteroatoms. The molecule has 1 amide bonds. The van der Waals surface area contributed by atoms with E-state index in [4.69, 9.17) is 10.5 Å². The molecule has 1 fully saturated rings. The fraction of sp³-hybridized carbons (Fsp3) is 0.900. The minimum absolute atomic E-state index is 0. The molecule has 0 aromatic heterocycles. The number of amides is 1. The topological polar surface area (TPSA) is 55.6 Å². The maximum Gasteiger partial charge on any atom is 0.238 e. The molecule has 1 rings (SSSR count). The summed E-state index contributed by atoms with van der Waals surface area (Å²) in [6.45, 7) is 4.18. The molecule has 4 nitrogen and oxygen atoms in total. The van der Waals surface area contributed by atoms with Gasteiger partial charge in [0.2, 0.25) is 5.91 Å². The van der Waals surface area contributed by atoms with Crippen LogP contribution in [0.1, 0.15) is 19.8 Å². The van der Waals surface area contributed by atoms with Crippen LogP contribution in [0.2, 0.25) is 0 Å². The maximum atomic E-state index is 11.5. The third kappa shape index (κ3) is 4.82. The summed E-state index contributed by atoms with van der Waals surface area (Å²) in [7, 11) is 1.82. The molecule has 2 N–H and O–H groups in total. The molecule has 0 bridgehead atoms. The summed E-state index contributed by atoms with van der Waals surface area (Å²) >= 11 is 0. The molecule has 0 aliphatic carbocycles. The SMILES string of the molecule is CC(N)C(=O)N(C)CC1CCOCC1.Cl. The summed E-state index contributed by atoms with van der Waals surface area (Å²) < 4.78 is 5.26. The Balaban J connectivity index is 0.00000196. The Morgan fingerprint density at radius 3 is 2.53 bits per heavy atom. The summed E-state index contributed by atoms with van der Waals surface area (Å²) in [6.07, 6.45) is 2.10. The highest BCUT2D eigenvalue weighted by Crippen LogP contribution is 2.15. The summed E-state index contributed by atoms with van der Waals surface area (Å²) in [6, 6.07) is -0.389. The zero-order valence-corrected chi connectivity index (χ0v) is 10.3. The van der Waals surface area contributed by atoms with E-state index in [0.717, 1.165) is 32.6 Å². The van der Waals surface area contributed by atoms with Gasteiger partial charge in [-0.2, -0.15) is 0 Å². The van der Waals surface area contributed by atoms with Crippen molar-refractivity contribution in [3.63, 3.8) is 0 Å². The third-order valence-electron chi connectivity index (χ3n) is 2.64. The Bertz CT molecular complexity index is 194. The molecule has 1 aliphatic rings. The highest BCUT2D eigenvalue weighted by atomic mass is 35.5. The van der Waals surface area contributed by atoms with Crippen molar-refractivity contribution in [1.29, 1.82) is 0 Å². The molecule has 0 spiro atoms. The Labute approximate surface area is 97.5 Å². The lowest BCUT2D eigenvalue weighted by Gasteiger charge is -2.28. The van der Waals surface area contributed by atoms with Gasteiger partial charge >= 0.3 is 0 Å². The van der Waals surface area contributed by atoms with E-state index in [9.17, 15) is 4.79 Å². The van der Waals surface area contributed by atoms with Crippen LogP contribution in [0, 0.1) is 5.92 Å². The smallest absolute Gasteiger partial charge is 0.238 e. The van der Waals surface area contributed by atoms with Gasteiger partial charge in [-0.3, -0.25) is 4.79 Å². The summed E-state index contributed by atoms with van der Waals surface area (Å²) in [5, 5.41) is 0. The fourth-order valence-electron chi connectivity index (χ4n) is 1.75. The first-order valence-corrected chi connectivity index (χ1v) is 5.19. The molecule has 1 aliphatic heterocycles. The second-order valence-electron chi connectivity index (χ2n) is 4.06. The molecule has 15 heavy (non-hydrogen) atoms. The van der Waals surface area contributed by atoms with Crippen molar-refractivity contribution >= 4 is 18.3 Å². The van der Waals surface area contributed by atoms with Gasteiger partial charge in [0, 0.05) is 26.8 Å². The monoisotopic (exact) mass is 236 g/mol. The van der Waals surface area contributed by atoms with Crippen molar-refractivity contribution in [1.82, 2.24) is 4.90 Å². The van der Waals surface area contributed by atoms with Gasteiger partial charge in [-0.25, -0.2) is 0 Å². The molecule has 1 atom stereocenters. The van der Waals surface area contributed by atoms with Crippen molar-refractivity contribution in [3.8, 4) is 0 Å². The van der Waals surface area contributed by atoms with Crippen molar-refractivity contribution < 1.29 is 9.53 Å². The van der Waals surface area contributed by atoms with Crippen LogP contribution in [0.4, 0.5) is 0 Å². The highest BCUT2D eigenvalue weighted by molar-refractivity contribution is 5.85. The van der Waals surface area contributed by atoms with Gasteiger partial charge in [-0.05, 0) is 25.7 Å². The molecule has 0 aromatic carbocycles. The zero-order chi connectivity index (χ0) is 10.6. The fourth-order valence-corrected chi connectivity index (χ4v) is 1.75. The molecule has 1 saturated heterocycles. The number of hydrogen-bond acceptors (Lipinski definition) is 3. The van der Waals surface area contributed by atoms with Crippen LogP contribution in [-0.4, -0.2) is 43.7 Å². The maximum absolute atomic E-state index is 11.5. The number of nitrogens with zero attached hydrogens (tertiary/aromatic N) is 1. The zero-order valence-electron chi connectivity index (χ0n) is 9.44. The normalized spacial score (nSPS) is 19.1. The van der Waals surface area contributed by atoms with Crippen LogP contribution in [0.15, 0.2) is 0 Å². The van der Waals surface area contributed by atoms with Crippen LogP contribution in [0.3, 0.4) is 0 Å². The van der Waals surface area contributed by atoms with Crippen LogP contribution < -0.4 is 5.73 Å². The van der Waals surface area contributed by atoms with E-state index in [0.29, 0.717) is 5.92 Å². The number of carbonyl (C=O) groups excluding carboxylic acids is 1. The summed E-state index contributed by atoms with van der Waals surface area (Å²) in [5.41, 5.74) is 5.53. The Hall–Kier alpha value is -0.320. The Morgan fingerprint density at radius 2 is 2.07 bits per heavy atom. The third-order valence-corrected chi connectivity index (χ3v) is 2.64. The predicted octanol–water partition coefficient (Wildman–Crippen LogP) is 0.640. The van der Waals surface area contributed by atoms with Gasteiger partial charge in [-0.15, -0.1) is 12.4 Å². The van der Waals surface area contributed by atoms with Crippen molar-refractivity contribution in [2.75, 3.05) is 26.8 Å². The molecule has 0 saturated carbocycles. The number of rotatable bonds is 3. The Kier molecular flexibility index (Phi) is 6.89. The van der Waals surface area contributed by atoms with E-state index in [1.165, 1.54) is 0 Å². The van der Waals surface area contributed by atoms with Gasteiger partial charge in [0.15, 0.2) is 0 Å². The molecular formula is C10H21ClN2O2. The van der Waals surface area contributed by atoms with Crippen LogP contribution in [-0.2, 0) is 9.53 Å². The van der Waals surface area contributed by atoms with E-state index < -0.39 is 0 Å². The van der Waals surface area contributed by atoms with E-state index in [1.54, 1.807) is 11.8 Å². The lowest BCUT2D eigenvalue weighted by atomic mass is 10.00. The molecule has 90 valence electrons. The van der Waals surface area contributed by atoms with Crippen LogP contribution in [0.5, 0.6) is 0 Å². The quantitative estimate of drug-likeness (QED) is 0.783. The van der Waals surface area contributed by atoms with Crippen LogP contribution in [0.25, 0.3) is 0 Å². The summed E-state index contributed by atoms with van der Waals surface area (Å²) in [4.78, 5) is 13.2. The first-order valence-electron chi connectivity index (χ1n) is 5.19. The predicted molar refractivity (Wildman–Crippen MR) is 62.1 cm³/mol. The van der Waals surface area contributed by atoms with E-state index in [-0.39, 0.29) is 24.4 Å². The van der Waals surface area contributed by atoms with Crippen molar-refractivity contribution in [3.05, 3.63) is 0 Å². The number of carbonyl (C=O) groups is 1. The molecule has 1 unspecified atom stereocenters. The standard InChI is InChI=1S/C10H20N2O2.ClH/c1-8(11)10(13)12(2)7-9-3-5-14-6-4-9;/h8-9H,3-7,11H2,1-2H3;1H. The highest BCUT2D eigenvalue weighted by Gasteiger charge is 2.19. The van der Waals surface area contributed by atoms with E-state index >= 15 is 0 Å². The van der Waals surface area contributed by atoms with E-state index in [2.05, 4.69) is 0 Å². The number of likely N-dealkylation sites (N-methyl/N-ethyl adjacent to an activating group) is 1. The van der Waals surface area contributed by atoms with Crippen LogP contribution >= 0.6 is 12.4 Å². The molecule has 0 radical (unpaired) electrons. The number of hydrogen-bond donors (Lipinski definition) is 1. The molecular weight excluding hydrogens is 216 g/mol.